The van der Waals surface area contributed by atoms with Crippen molar-refractivity contribution in [2.24, 2.45) is 0 Å². The average Bonchev–Trinajstić information content (AvgIpc) is 2.82. The largest absolute Gasteiger partial charge is 0.479 e. The lowest BCUT2D eigenvalue weighted by Crippen LogP contribution is -2.14. The molecule has 20 heavy (non-hydrogen) atoms. The maximum atomic E-state index is 11.8. The first-order valence-corrected chi connectivity index (χ1v) is 6.65. The minimum absolute atomic E-state index is 0.0322. The molecule has 2 aromatic rings. The summed E-state index contributed by atoms with van der Waals surface area (Å²) in [6.45, 7) is -0.0322. The average molecular weight is 288 g/mol. The number of rotatable bonds is 5. The molecule has 1 heterocycles. The van der Waals surface area contributed by atoms with Gasteiger partial charge in [-0.1, -0.05) is 6.07 Å². The lowest BCUT2D eigenvalue weighted by molar-refractivity contribution is -0.115. The van der Waals surface area contributed by atoms with E-state index in [2.05, 4.69) is 10.3 Å². The van der Waals surface area contributed by atoms with E-state index in [4.69, 9.17) is 15.7 Å². The fourth-order valence-electron chi connectivity index (χ4n) is 1.55. The van der Waals surface area contributed by atoms with Gasteiger partial charge in [0.1, 0.15) is 11.8 Å². The maximum Gasteiger partial charge on any atom is 0.230 e. The quantitative estimate of drug-likeness (QED) is 0.873. The van der Waals surface area contributed by atoms with Crippen molar-refractivity contribution in [3.8, 4) is 11.8 Å². The van der Waals surface area contributed by atoms with E-state index < -0.39 is 0 Å². The number of carbonyl (C=O) groups excluding carboxylic acids is 1. The van der Waals surface area contributed by atoms with Crippen LogP contribution in [0.2, 0.25) is 0 Å². The first-order chi connectivity index (χ1) is 9.67. The fourth-order valence-corrected chi connectivity index (χ4v) is 2.12. The molecule has 102 valence electrons. The predicted molar refractivity (Wildman–Crippen MR) is 76.4 cm³/mol. The lowest BCUT2D eigenvalue weighted by Gasteiger charge is -2.06. The fraction of sp³-hybridized carbons (Fsp3) is 0.154. The van der Waals surface area contributed by atoms with E-state index in [-0.39, 0.29) is 18.9 Å². The molecule has 0 atom stereocenters. The van der Waals surface area contributed by atoms with E-state index >= 15 is 0 Å². The number of ether oxygens (including phenoxy) is 1. The molecule has 1 amide bonds. The van der Waals surface area contributed by atoms with Crippen molar-refractivity contribution in [3.63, 3.8) is 0 Å². The second kappa shape index (κ2) is 6.54. The summed E-state index contributed by atoms with van der Waals surface area (Å²) in [7, 11) is 0. The molecule has 1 aromatic carbocycles. The topological polar surface area (TPSA) is 101 Å². The van der Waals surface area contributed by atoms with Crippen LogP contribution in [0.25, 0.3) is 0 Å². The number of aromatic nitrogens is 1. The number of nitrogen functional groups attached to an aromatic ring is 1. The SMILES string of the molecule is N#CCOc1cccc(NC(=O)Cc2csc(N)n2)c1. The number of anilines is 2. The highest BCUT2D eigenvalue weighted by molar-refractivity contribution is 7.13. The Morgan fingerprint density at radius 3 is 3.10 bits per heavy atom. The molecule has 0 saturated heterocycles. The van der Waals surface area contributed by atoms with Gasteiger partial charge in [0.2, 0.25) is 5.91 Å². The van der Waals surface area contributed by atoms with Crippen molar-refractivity contribution in [1.29, 1.82) is 5.26 Å². The van der Waals surface area contributed by atoms with Crippen LogP contribution in [-0.4, -0.2) is 17.5 Å². The zero-order valence-corrected chi connectivity index (χ0v) is 11.3. The summed E-state index contributed by atoms with van der Waals surface area (Å²) in [6.07, 6.45) is 0.164. The molecule has 0 unspecified atom stereocenters. The van der Waals surface area contributed by atoms with Crippen LogP contribution >= 0.6 is 11.3 Å². The van der Waals surface area contributed by atoms with Gasteiger partial charge in [0.25, 0.3) is 0 Å². The molecule has 6 nitrogen and oxygen atoms in total. The number of benzene rings is 1. The number of nitriles is 1. The van der Waals surface area contributed by atoms with Crippen molar-refractivity contribution in [1.82, 2.24) is 4.98 Å². The smallest absolute Gasteiger partial charge is 0.230 e. The van der Waals surface area contributed by atoms with Crippen LogP contribution in [0.15, 0.2) is 29.6 Å². The van der Waals surface area contributed by atoms with Gasteiger partial charge in [-0.25, -0.2) is 4.98 Å². The molecular formula is C13H12N4O2S. The number of amides is 1. The number of hydrogen-bond acceptors (Lipinski definition) is 6. The van der Waals surface area contributed by atoms with Crippen molar-refractivity contribution in [3.05, 3.63) is 35.3 Å². The summed E-state index contributed by atoms with van der Waals surface area (Å²) in [5.74, 6) is 0.343. The van der Waals surface area contributed by atoms with Gasteiger partial charge in [0, 0.05) is 17.1 Å². The van der Waals surface area contributed by atoms with Crippen molar-refractivity contribution < 1.29 is 9.53 Å². The van der Waals surface area contributed by atoms with E-state index in [9.17, 15) is 4.79 Å². The molecule has 0 radical (unpaired) electrons. The second-order valence-electron chi connectivity index (χ2n) is 3.88. The van der Waals surface area contributed by atoms with Crippen LogP contribution in [0, 0.1) is 11.3 Å². The van der Waals surface area contributed by atoms with E-state index in [0.717, 1.165) is 0 Å². The summed E-state index contributed by atoms with van der Waals surface area (Å²) < 4.78 is 5.16. The van der Waals surface area contributed by atoms with Crippen LogP contribution in [0.3, 0.4) is 0 Å². The first-order valence-electron chi connectivity index (χ1n) is 5.77. The third-order valence-corrected chi connectivity index (χ3v) is 3.06. The highest BCUT2D eigenvalue weighted by Gasteiger charge is 2.07. The van der Waals surface area contributed by atoms with Crippen LogP contribution in [0.1, 0.15) is 5.69 Å². The normalized spacial score (nSPS) is 9.75. The minimum Gasteiger partial charge on any atom is -0.479 e. The van der Waals surface area contributed by atoms with Gasteiger partial charge in [0.05, 0.1) is 12.1 Å². The number of nitrogens with zero attached hydrogens (tertiary/aromatic N) is 2. The van der Waals surface area contributed by atoms with Gasteiger partial charge in [0.15, 0.2) is 11.7 Å². The molecule has 0 aliphatic rings. The summed E-state index contributed by atoms with van der Waals surface area (Å²) in [6, 6.07) is 8.74. The Morgan fingerprint density at radius 1 is 1.55 bits per heavy atom. The van der Waals surface area contributed by atoms with E-state index in [1.165, 1.54) is 11.3 Å². The third-order valence-electron chi connectivity index (χ3n) is 2.33. The van der Waals surface area contributed by atoms with Gasteiger partial charge in [-0.05, 0) is 12.1 Å². The molecule has 0 fully saturated rings. The Balaban J connectivity index is 1.95. The van der Waals surface area contributed by atoms with E-state index in [1.54, 1.807) is 29.6 Å². The maximum absolute atomic E-state index is 11.8. The van der Waals surface area contributed by atoms with Gasteiger partial charge in [-0.15, -0.1) is 11.3 Å². The van der Waals surface area contributed by atoms with Crippen molar-refractivity contribution in [2.45, 2.75) is 6.42 Å². The zero-order valence-electron chi connectivity index (χ0n) is 10.5. The Kier molecular flexibility index (Phi) is 4.52. The van der Waals surface area contributed by atoms with Crippen LogP contribution in [0.4, 0.5) is 10.8 Å². The molecule has 2 rings (SSSR count). The number of nitrogens with two attached hydrogens (primary N) is 1. The molecule has 0 spiro atoms. The Bertz CT molecular complexity index is 648. The summed E-state index contributed by atoms with van der Waals surface area (Å²) >= 11 is 1.30. The molecule has 0 saturated carbocycles. The molecular weight excluding hydrogens is 276 g/mol. The molecule has 7 heteroatoms. The molecule has 0 bridgehead atoms. The van der Waals surface area contributed by atoms with Gasteiger partial charge >= 0.3 is 0 Å². The number of hydrogen-bond donors (Lipinski definition) is 2. The van der Waals surface area contributed by atoms with Crippen LogP contribution in [0.5, 0.6) is 5.75 Å². The zero-order chi connectivity index (χ0) is 14.4. The van der Waals surface area contributed by atoms with Gasteiger partial charge in [-0.3, -0.25) is 4.79 Å². The number of thiazole rings is 1. The van der Waals surface area contributed by atoms with Gasteiger partial charge < -0.3 is 15.8 Å². The third kappa shape index (κ3) is 3.96. The first kappa shape index (κ1) is 13.8. The second-order valence-corrected chi connectivity index (χ2v) is 4.77. The molecule has 1 aromatic heterocycles. The van der Waals surface area contributed by atoms with E-state index in [0.29, 0.717) is 22.3 Å². The Hall–Kier alpha value is -2.59. The molecule has 0 aliphatic heterocycles. The Morgan fingerprint density at radius 2 is 2.40 bits per heavy atom. The lowest BCUT2D eigenvalue weighted by atomic mass is 10.2. The summed E-state index contributed by atoms with van der Waals surface area (Å²) in [5.41, 5.74) is 6.75. The Labute approximate surface area is 119 Å². The van der Waals surface area contributed by atoms with Crippen molar-refractivity contribution in [2.75, 3.05) is 17.7 Å². The standard InChI is InChI=1S/C13H12N4O2S/c14-4-5-19-11-3-1-2-9(6-11)16-12(18)7-10-8-20-13(15)17-10/h1-3,6,8H,5,7H2,(H2,15,17)(H,16,18). The van der Waals surface area contributed by atoms with Crippen molar-refractivity contribution >= 4 is 28.1 Å². The molecule has 0 aliphatic carbocycles. The molecule has 3 N–H and O–H groups in total. The van der Waals surface area contributed by atoms with Crippen LogP contribution in [-0.2, 0) is 11.2 Å². The summed E-state index contributed by atoms with van der Waals surface area (Å²) in [5, 5.41) is 13.4. The van der Waals surface area contributed by atoms with Crippen LogP contribution < -0.4 is 15.8 Å². The highest BCUT2D eigenvalue weighted by atomic mass is 32.1. The summed E-state index contributed by atoms with van der Waals surface area (Å²) in [4.78, 5) is 15.9. The van der Waals surface area contributed by atoms with E-state index in [1.807, 2.05) is 6.07 Å². The van der Waals surface area contributed by atoms with Gasteiger partial charge in [-0.2, -0.15) is 5.26 Å². The predicted octanol–water partition coefficient (Wildman–Crippen LogP) is 1.81. The minimum atomic E-state index is -0.187. The number of nitrogens with one attached hydrogen (secondary N) is 1. The monoisotopic (exact) mass is 288 g/mol. The number of carbonyl (C=O) groups is 1. The highest BCUT2D eigenvalue weighted by Crippen LogP contribution is 2.18.